The predicted molar refractivity (Wildman–Crippen MR) is 118 cm³/mol. The first-order chi connectivity index (χ1) is 12.7. The molecule has 2 atom stereocenters. The highest BCUT2D eigenvalue weighted by Crippen LogP contribution is 2.32. The molecule has 4 rings (SSSR count). The second-order valence-corrected chi connectivity index (χ2v) is 7.15. The van der Waals surface area contributed by atoms with E-state index in [0.717, 1.165) is 47.4 Å². The maximum Gasteiger partial charge on any atom is 0.227 e. The molecule has 1 aliphatic carbocycles. The zero-order valence-corrected chi connectivity index (χ0v) is 17.4. The number of rotatable bonds is 4. The van der Waals surface area contributed by atoms with E-state index in [1.54, 1.807) is 0 Å². The van der Waals surface area contributed by atoms with Gasteiger partial charge in [0.2, 0.25) is 5.91 Å². The molecule has 1 amide bonds. The van der Waals surface area contributed by atoms with Gasteiger partial charge in [-0.2, -0.15) is 0 Å². The van der Waals surface area contributed by atoms with E-state index < -0.39 is 0 Å². The summed E-state index contributed by atoms with van der Waals surface area (Å²) in [7, 11) is 0. The Morgan fingerprint density at radius 1 is 1.21 bits per heavy atom. The summed E-state index contributed by atoms with van der Waals surface area (Å²) in [6.45, 7) is 2.65. The van der Waals surface area contributed by atoms with Gasteiger partial charge >= 0.3 is 0 Å². The third kappa shape index (κ3) is 4.32. The number of nitrogens with zero attached hydrogens (tertiary/aromatic N) is 2. The molecule has 0 aliphatic heterocycles. The quantitative estimate of drug-likeness (QED) is 0.653. The Balaban J connectivity index is 0.00000140. The fourth-order valence-electron chi connectivity index (χ4n) is 3.92. The smallest absolute Gasteiger partial charge is 0.227 e. The number of pyridine rings is 1. The molecule has 1 aliphatic rings. The van der Waals surface area contributed by atoms with E-state index in [1.807, 2.05) is 47.1 Å². The number of anilines is 1. The van der Waals surface area contributed by atoms with E-state index >= 15 is 0 Å². The molecular formula is C21H26Cl2N4O. The van der Waals surface area contributed by atoms with Crippen LogP contribution >= 0.6 is 24.8 Å². The Hall–Kier alpha value is -2.08. The second-order valence-electron chi connectivity index (χ2n) is 7.15. The zero-order valence-electron chi connectivity index (χ0n) is 15.8. The molecule has 1 saturated carbocycles. The van der Waals surface area contributed by atoms with Crippen LogP contribution in [0.5, 0.6) is 0 Å². The van der Waals surface area contributed by atoms with Crippen molar-refractivity contribution < 1.29 is 4.79 Å². The first-order valence-electron chi connectivity index (χ1n) is 9.21. The topological polar surface area (TPSA) is 72.4 Å². The molecule has 0 bridgehead atoms. The summed E-state index contributed by atoms with van der Waals surface area (Å²) in [5, 5.41) is 3.04. The molecular weight excluding hydrogens is 395 g/mol. The lowest BCUT2D eigenvalue weighted by Gasteiger charge is -2.17. The minimum Gasteiger partial charge on any atom is -0.330 e. The lowest BCUT2D eigenvalue weighted by Crippen LogP contribution is -2.29. The highest BCUT2D eigenvalue weighted by atomic mass is 35.5. The van der Waals surface area contributed by atoms with E-state index in [1.165, 1.54) is 0 Å². The number of hydrogen-bond donors (Lipinski definition) is 2. The van der Waals surface area contributed by atoms with Gasteiger partial charge in [0.1, 0.15) is 5.65 Å². The van der Waals surface area contributed by atoms with Crippen LogP contribution in [0.15, 0.2) is 48.8 Å². The summed E-state index contributed by atoms with van der Waals surface area (Å²) in [5.74, 6) is 0.450. The number of aromatic nitrogens is 2. The van der Waals surface area contributed by atoms with Crippen LogP contribution in [0.2, 0.25) is 0 Å². The Labute approximate surface area is 177 Å². The lowest BCUT2D eigenvalue weighted by molar-refractivity contribution is -0.120. The molecule has 28 heavy (non-hydrogen) atoms. The fourth-order valence-corrected chi connectivity index (χ4v) is 3.92. The molecule has 5 nitrogen and oxygen atoms in total. The van der Waals surface area contributed by atoms with Crippen molar-refractivity contribution >= 4 is 42.1 Å². The normalized spacial score (nSPS) is 18.4. The number of amides is 1. The van der Waals surface area contributed by atoms with Crippen molar-refractivity contribution in [3.05, 3.63) is 54.4 Å². The molecule has 0 unspecified atom stereocenters. The molecule has 3 N–H and O–H groups in total. The van der Waals surface area contributed by atoms with Crippen molar-refractivity contribution in [3.8, 4) is 11.3 Å². The number of carbonyl (C=O) groups is 1. The van der Waals surface area contributed by atoms with Gasteiger partial charge < -0.3 is 15.5 Å². The molecule has 150 valence electrons. The van der Waals surface area contributed by atoms with Crippen molar-refractivity contribution in [2.24, 2.45) is 17.6 Å². The SMILES string of the molecule is Cc1cccn2cc(-c3ccc(NC(=O)[C@@H]4CCC[C@@H]4CN)cc3)nc12.Cl.Cl. The Bertz CT molecular complexity index is 939. The van der Waals surface area contributed by atoms with Crippen molar-refractivity contribution in [1.29, 1.82) is 0 Å². The fraction of sp³-hybridized carbons (Fsp3) is 0.333. The van der Waals surface area contributed by atoms with Gasteiger partial charge in [0, 0.05) is 29.6 Å². The number of nitrogens with two attached hydrogens (primary N) is 1. The number of fused-ring (bicyclic) bond motifs is 1. The number of nitrogens with one attached hydrogen (secondary N) is 1. The van der Waals surface area contributed by atoms with Gasteiger partial charge in [-0.1, -0.05) is 24.6 Å². The maximum atomic E-state index is 12.5. The van der Waals surface area contributed by atoms with Crippen LogP contribution in [0, 0.1) is 18.8 Å². The first-order valence-corrected chi connectivity index (χ1v) is 9.21. The number of benzene rings is 1. The summed E-state index contributed by atoms with van der Waals surface area (Å²) in [6.07, 6.45) is 7.11. The third-order valence-corrected chi connectivity index (χ3v) is 5.42. The van der Waals surface area contributed by atoms with Crippen LogP contribution < -0.4 is 11.1 Å². The lowest BCUT2D eigenvalue weighted by atomic mass is 9.95. The van der Waals surface area contributed by atoms with Crippen LogP contribution in [-0.2, 0) is 4.79 Å². The zero-order chi connectivity index (χ0) is 18.1. The third-order valence-electron chi connectivity index (χ3n) is 5.42. The molecule has 2 heterocycles. The van der Waals surface area contributed by atoms with Crippen molar-refractivity contribution in [2.45, 2.75) is 26.2 Å². The molecule has 7 heteroatoms. The molecule has 1 fully saturated rings. The van der Waals surface area contributed by atoms with E-state index in [4.69, 9.17) is 10.7 Å². The molecule has 0 radical (unpaired) electrons. The van der Waals surface area contributed by atoms with Gasteiger partial charge in [0.15, 0.2) is 0 Å². The minimum absolute atomic E-state index is 0. The number of imidazole rings is 1. The predicted octanol–water partition coefficient (Wildman–Crippen LogP) is 4.47. The Morgan fingerprint density at radius 3 is 2.64 bits per heavy atom. The second kappa shape index (κ2) is 9.41. The standard InChI is InChI=1S/C21H24N4O.2ClH/c1-14-4-3-11-25-13-19(24-20(14)25)15-7-9-17(10-8-15)23-21(26)18-6-2-5-16(18)12-22;;/h3-4,7-11,13,16,18H,2,5-6,12,22H2,1H3,(H,23,26);2*1H/t16-,18-;;/m1../s1. The number of carbonyl (C=O) groups excluding carboxylic acids is 1. The van der Waals surface area contributed by atoms with E-state index in [0.29, 0.717) is 12.5 Å². The average molecular weight is 421 g/mol. The number of hydrogen-bond acceptors (Lipinski definition) is 3. The molecule has 2 aromatic heterocycles. The Kier molecular flexibility index (Phi) is 7.47. The highest BCUT2D eigenvalue weighted by Gasteiger charge is 2.31. The summed E-state index contributed by atoms with van der Waals surface area (Å²) < 4.78 is 2.04. The summed E-state index contributed by atoms with van der Waals surface area (Å²) in [5.41, 5.74) is 10.7. The first kappa shape index (κ1) is 22.2. The van der Waals surface area contributed by atoms with Gasteiger partial charge in [-0.15, -0.1) is 24.8 Å². The van der Waals surface area contributed by atoms with Crippen molar-refractivity contribution in [1.82, 2.24) is 9.38 Å². The summed E-state index contributed by atoms with van der Waals surface area (Å²) in [6, 6.07) is 12.0. The van der Waals surface area contributed by atoms with Crippen LogP contribution in [0.25, 0.3) is 16.9 Å². The monoisotopic (exact) mass is 420 g/mol. The van der Waals surface area contributed by atoms with Gasteiger partial charge in [-0.3, -0.25) is 4.79 Å². The number of aryl methyl sites for hydroxylation is 1. The van der Waals surface area contributed by atoms with Gasteiger partial charge in [-0.25, -0.2) is 4.98 Å². The van der Waals surface area contributed by atoms with E-state index in [2.05, 4.69) is 18.3 Å². The van der Waals surface area contributed by atoms with Gasteiger partial charge in [0.25, 0.3) is 0 Å². The van der Waals surface area contributed by atoms with Crippen molar-refractivity contribution in [2.75, 3.05) is 11.9 Å². The highest BCUT2D eigenvalue weighted by molar-refractivity contribution is 5.93. The minimum atomic E-state index is 0. The van der Waals surface area contributed by atoms with E-state index in [-0.39, 0.29) is 36.6 Å². The largest absolute Gasteiger partial charge is 0.330 e. The van der Waals surface area contributed by atoms with Crippen LogP contribution in [0.4, 0.5) is 5.69 Å². The molecule has 0 saturated heterocycles. The van der Waals surface area contributed by atoms with Crippen molar-refractivity contribution in [3.63, 3.8) is 0 Å². The van der Waals surface area contributed by atoms with Gasteiger partial charge in [-0.05, 0) is 56.0 Å². The van der Waals surface area contributed by atoms with Gasteiger partial charge in [0.05, 0.1) is 5.69 Å². The van der Waals surface area contributed by atoms with E-state index in [9.17, 15) is 4.79 Å². The van der Waals surface area contributed by atoms with Crippen LogP contribution in [-0.4, -0.2) is 21.8 Å². The average Bonchev–Trinajstić information content (AvgIpc) is 3.30. The molecule has 0 spiro atoms. The number of halogens is 2. The Morgan fingerprint density at radius 2 is 1.96 bits per heavy atom. The van der Waals surface area contributed by atoms with Crippen LogP contribution in [0.3, 0.4) is 0 Å². The summed E-state index contributed by atoms with van der Waals surface area (Å²) >= 11 is 0. The van der Waals surface area contributed by atoms with Crippen LogP contribution in [0.1, 0.15) is 24.8 Å². The molecule has 1 aromatic carbocycles. The molecule has 3 aromatic rings. The summed E-state index contributed by atoms with van der Waals surface area (Å²) in [4.78, 5) is 17.2. The maximum absolute atomic E-state index is 12.5.